The number of nitrogens with zero attached hydrogens (tertiary/aromatic N) is 1. The fourth-order valence-corrected chi connectivity index (χ4v) is 3.23. The fraction of sp³-hybridized carbons (Fsp3) is 0.571. The van der Waals surface area contributed by atoms with Crippen molar-refractivity contribution in [3.8, 4) is 0 Å². The normalized spacial score (nSPS) is 24.2. The zero-order chi connectivity index (χ0) is 14.0. The van der Waals surface area contributed by atoms with Crippen LogP contribution < -0.4 is 5.73 Å². The summed E-state index contributed by atoms with van der Waals surface area (Å²) in [5.41, 5.74) is 7.08. The van der Waals surface area contributed by atoms with E-state index in [-0.39, 0.29) is 18.2 Å². The van der Waals surface area contributed by atoms with Crippen molar-refractivity contribution in [1.29, 1.82) is 0 Å². The lowest BCUT2D eigenvalue weighted by Gasteiger charge is -2.38. The minimum absolute atomic E-state index is 0.0513. The maximum atomic E-state index is 6.33. The molecule has 106 valence electrons. The Morgan fingerprint density at radius 1 is 1.47 bits per heavy atom. The molecule has 1 saturated heterocycles. The smallest absolute Gasteiger partial charge is 0.0850 e. The Labute approximate surface area is 128 Å². The minimum atomic E-state index is 0.0513. The Bertz CT molecular complexity index is 441. The topological polar surface area (TPSA) is 38.5 Å². The molecule has 1 aromatic rings. The second kappa shape index (κ2) is 6.55. The van der Waals surface area contributed by atoms with Gasteiger partial charge in [-0.2, -0.15) is 0 Å². The highest BCUT2D eigenvalue weighted by Crippen LogP contribution is 2.30. The monoisotopic (exact) mass is 346 g/mol. The van der Waals surface area contributed by atoms with Crippen LogP contribution in [0.4, 0.5) is 0 Å². The Balaban J connectivity index is 2.12. The van der Waals surface area contributed by atoms with E-state index in [0.717, 1.165) is 34.8 Å². The molecule has 0 bridgehead atoms. The molecule has 5 heteroatoms. The summed E-state index contributed by atoms with van der Waals surface area (Å²) in [6.45, 7) is 6.66. The molecule has 3 unspecified atom stereocenters. The van der Waals surface area contributed by atoms with Gasteiger partial charge in [0.15, 0.2) is 0 Å². The molecule has 1 fully saturated rings. The first-order chi connectivity index (χ1) is 8.99. The maximum absolute atomic E-state index is 6.33. The van der Waals surface area contributed by atoms with Crippen LogP contribution in [0.1, 0.15) is 25.5 Å². The summed E-state index contributed by atoms with van der Waals surface area (Å²) in [6.07, 6.45) is 0.102. The van der Waals surface area contributed by atoms with E-state index < -0.39 is 0 Å². The summed E-state index contributed by atoms with van der Waals surface area (Å²) in [7, 11) is 0. The van der Waals surface area contributed by atoms with Crippen molar-refractivity contribution < 1.29 is 4.74 Å². The molecule has 3 atom stereocenters. The van der Waals surface area contributed by atoms with Crippen LogP contribution >= 0.6 is 27.5 Å². The SMILES string of the molecule is CC(N)C1CN(C(C)c2ccc(Br)cc2Cl)CCO1. The van der Waals surface area contributed by atoms with E-state index in [0.29, 0.717) is 0 Å². The van der Waals surface area contributed by atoms with Gasteiger partial charge in [-0.05, 0) is 31.5 Å². The first-order valence-corrected chi connectivity index (χ1v) is 7.72. The molecule has 0 aromatic heterocycles. The van der Waals surface area contributed by atoms with E-state index in [4.69, 9.17) is 22.1 Å². The van der Waals surface area contributed by atoms with Gasteiger partial charge in [-0.15, -0.1) is 0 Å². The summed E-state index contributed by atoms with van der Waals surface area (Å²) in [4.78, 5) is 2.38. The fourth-order valence-electron chi connectivity index (χ4n) is 2.40. The molecule has 19 heavy (non-hydrogen) atoms. The van der Waals surface area contributed by atoms with E-state index in [1.807, 2.05) is 19.1 Å². The molecule has 0 amide bonds. The second-order valence-electron chi connectivity index (χ2n) is 5.11. The third kappa shape index (κ3) is 3.70. The van der Waals surface area contributed by atoms with Gasteiger partial charge in [-0.3, -0.25) is 4.90 Å². The third-order valence-corrected chi connectivity index (χ3v) is 4.49. The van der Waals surface area contributed by atoms with Crippen LogP contribution in [0.2, 0.25) is 5.02 Å². The molecule has 0 radical (unpaired) electrons. The van der Waals surface area contributed by atoms with Crippen LogP contribution in [0, 0.1) is 0 Å². The number of morpholine rings is 1. The van der Waals surface area contributed by atoms with Crippen molar-refractivity contribution >= 4 is 27.5 Å². The molecule has 0 aliphatic carbocycles. The van der Waals surface area contributed by atoms with Crippen LogP contribution in [-0.4, -0.2) is 36.7 Å². The van der Waals surface area contributed by atoms with Crippen molar-refractivity contribution in [2.45, 2.75) is 32.0 Å². The van der Waals surface area contributed by atoms with Gasteiger partial charge < -0.3 is 10.5 Å². The van der Waals surface area contributed by atoms with Crippen LogP contribution in [0.25, 0.3) is 0 Å². The standard InChI is InChI=1S/C14H20BrClN2O/c1-9(17)14-8-18(5-6-19-14)10(2)12-4-3-11(15)7-13(12)16/h3-4,7,9-10,14H,5-6,8,17H2,1-2H3. The highest BCUT2D eigenvalue weighted by Gasteiger charge is 2.27. The lowest BCUT2D eigenvalue weighted by Crippen LogP contribution is -2.50. The van der Waals surface area contributed by atoms with E-state index in [9.17, 15) is 0 Å². The zero-order valence-corrected chi connectivity index (χ0v) is 13.6. The van der Waals surface area contributed by atoms with Crippen LogP contribution in [0.15, 0.2) is 22.7 Å². The predicted molar refractivity (Wildman–Crippen MR) is 82.5 cm³/mol. The number of halogens is 2. The second-order valence-corrected chi connectivity index (χ2v) is 6.43. The van der Waals surface area contributed by atoms with Gasteiger partial charge in [0.2, 0.25) is 0 Å². The molecule has 0 saturated carbocycles. The van der Waals surface area contributed by atoms with Gasteiger partial charge in [-0.25, -0.2) is 0 Å². The highest BCUT2D eigenvalue weighted by molar-refractivity contribution is 9.10. The van der Waals surface area contributed by atoms with Gasteiger partial charge >= 0.3 is 0 Å². The van der Waals surface area contributed by atoms with Crippen molar-refractivity contribution in [3.05, 3.63) is 33.3 Å². The maximum Gasteiger partial charge on any atom is 0.0850 e. The molecule has 1 aliphatic heterocycles. The molecule has 2 N–H and O–H groups in total. The van der Waals surface area contributed by atoms with Crippen LogP contribution in [0.3, 0.4) is 0 Å². The average Bonchev–Trinajstić information content (AvgIpc) is 2.38. The Hall–Kier alpha value is -0.130. The lowest BCUT2D eigenvalue weighted by molar-refractivity contribution is -0.0498. The summed E-state index contributed by atoms with van der Waals surface area (Å²) in [5, 5.41) is 0.797. The van der Waals surface area contributed by atoms with E-state index >= 15 is 0 Å². The molecule has 3 nitrogen and oxygen atoms in total. The van der Waals surface area contributed by atoms with Crippen molar-refractivity contribution in [2.75, 3.05) is 19.7 Å². The van der Waals surface area contributed by atoms with E-state index in [1.165, 1.54) is 0 Å². The average molecular weight is 348 g/mol. The molecule has 0 spiro atoms. The molecule has 2 rings (SSSR count). The Morgan fingerprint density at radius 3 is 2.84 bits per heavy atom. The number of ether oxygens (including phenoxy) is 1. The first-order valence-electron chi connectivity index (χ1n) is 6.55. The third-order valence-electron chi connectivity index (χ3n) is 3.67. The molecule has 1 aliphatic rings. The lowest BCUT2D eigenvalue weighted by atomic mass is 10.0. The summed E-state index contributed by atoms with van der Waals surface area (Å²) in [5.74, 6) is 0. The Morgan fingerprint density at radius 2 is 2.21 bits per heavy atom. The van der Waals surface area contributed by atoms with E-state index in [2.05, 4.69) is 33.8 Å². The predicted octanol–water partition coefficient (Wildman–Crippen LogP) is 3.21. The van der Waals surface area contributed by atoms with Gasteiger partial charge in [0.25, 0.3) is 0 Å². The Kier molecular flexibility index (Phi) is 5.26. The number of benzene rings is 1. The van der Waals surface area contributed by atoms with Crippen molar-refractivity contribution in [2.24, 2.45) is 5.73 Å². The van der Waals surface area contributed by atoms with Gasteiger partial charge in [0.05, 0.1) is 12.7 Å². The van der Waals surface area contributed by atoms with E-state index in [1.54, 1.807) is 0 Å². The number of nitrogens with two attached hydrogens (primary N) is 1. The largest absolute Gasteiger partial charge is 0.374 e. The first kappa shape index (κ1) is 15.3. The van der Waals surface area contributed by atoms with Crippen LogP contribution in [-0.2, 0) is 4.74 Å². The van der Waals surface area contributed by atoms with Gasteiger partial charge in [0.1, 0.15) is 0 Å². The summed E-state index contributed by atoms with van der Waals surface area (Å²) < 4.78 is 6.70. The molecule has 1 aromatic carbocycles. The van der Waals surface area contributed by atoms with Gasteiger partial charge in [-0.1, -0.05) is 33.6 Å². The number of rotatable bonds is 3. The summed E-state index contributed by atoms with van der Waals surface area (Å²) >= 11 is 9.77. The van der Waals surface area contributed by atoms with Crippen molar-refractivity contribution in [1.82, 2.24) is 4.90 Å². The highest BCUT2D eigenvalue weighted by atomic mass is 79.9. The quantitative estimate of drug-likeness (QED) is 0.912. The number of hydrogen-bond acceptors (Lipinski definition) is 3. The molecular formula is C14H20BrClN2O. The molecular weight excluding hydrogens is 328 g/mol. The van der Waals surface area contributed by atoms with Crippen molar-refractivity contribution in [3.63, 3.8) is 0 Å². The number of hydrogen-bond donors (Lipinski definition) is 1. The zero-order valence-electron chi connectivity index (χ0n) is 11.3. The van der Waals surface area contributed by atoms with Crippen LogP contribution in [0.5, 0.6) is 0 Å². The minimum Gasteiger partial charge on any atom is -0.374 e. The van der Waals surface area contributed by atoms with Gasteiger partial charge in [0, 0.05) is 34.7 Å². The molecule has 1 heterocycles. The summed E-state index contributed by atoms with van der Waals surface area (Å²) in [6, 6.07) is 6.37.